The van der Waals surface area contributed by atoms with E-state index in [-0.39, 0.29) is 18.2 Å². The molecule has 1 aliphatic rings. The molecule has 1 aromatic carbocycles. The van der Waals surface area contributed by atoms with E-state index in [2.05, 4.69) is 11.2 Å². The molecular weight excluding hydrogens is 280 g/mol. The third-order valence-electron chi connectivity index (χ3n) is 3.36. The molecule has 0 unspecified atom stereocenters. The Morgan fingerprint density at radius 3 is 2.62 bits per heavy atom. The monoisotopic (exact) mass is 295 g/mol. The summed E-state index contributed by atoms with van der Waals surface area (Å²) in [6.07, 6.45) is 6.37. The SMILES string of the molecule is C#CCOc1c(F)cc(C(=O)N[C@@H]2CCC[C@H]2O)cc1F. The molecular formula is C15H15F2NO3. The molecule has 6 heteroatoms. The average molecular weight is 295 g/mol. The van der Waals surface area contributed by atoms with Crippen LogP contribution >= 0.6 is 0 Å². The number of carbonyl (C=O) groups is 1. The van der Waals surface area contributed by atoms with Gasteiger partial charge >= 0.3 is 0 Å². The summed E-state index contributed by atoms with van der Waals surface area (Å²) in [7, 11) is 0. The minimum atomic E-state index is -0.998. The van der Waals surface area contributed by atoms with E-state index in [4.69, 9.17) is 11.2 Å². The Balaban J connectivity index is 2.13. The van der Waals surface area contributed by atoms with E-state index >= 15 is 0 Å². The highest BCUT2D eigenvalue weighted by atomic mass is 19.1. The fourth-order valence-electron chi connectivity index (χ4n) is 2.30. The van der Waals surface area contributed by atoms with Gasteiger partial charge in [0.2, 0.25) is 0 Å². The molecule has 1 saturated carbocycles. The van der Waals surface area contributed by atoms with Gasteiger partial charge in [0.05, 0.1) is 12.1 Å². The maximum absolute atomic E-state index is 13.7. The average Bonchev–Trinajstić information content (AvgIpc) is 2.83. The Morgan fingerprint density at radius 2 is 2.10 bits per heavy atom. The molecule has 0 radical (unpaired) electrons. The minimum absolute atomic E-state index is 0.169. The van der Waals surface area contributed by atoms with Crippen LogP contribution in [0.3, 0.4) is 0 Å². The number of aliphatic hydroxyl groups is 1. The van der Waals surface area contributed by atoms with Crippen molar-refractivity contribution in [2.45, 2.75) is 31.4 Å². The molecule has 2 atom stereocenters. The molecule has 2 rings (SSSR count). The Hall–Kier alpha value is -2.13. The molecule has 0 aromatic heterocycles. The third-order valence-corrected chi connectivity index (χ3v) is 3.36. The number of rotatable bonds is 4. The summed E-state index contributed by atoms with van der Waals surface area (Å²) in [5, 5.41) is 12.2. The summed E-state index contributed by atoms with van der Waals surface area (Å²) >= 11 is 0. The summed E-state index contributed by atoms with van der Waals surface area (Å²) in [5.74, 6) is -1.14. The standard InChI is InChI=1S/C15H15F2NO3/c1-2-6-21-14-10(16)7-9(8-11(14)17)15(20)18-12-4-3-5-13(12)19/h1,7-8,12-13,19H,3-6H2,(H,18,20)/t12-,13-/m1/s1. The van der Waals surface area contributed by atoms with Gasteiger partial charge in [-0.15, -0.1) is 6.42 Å². The van der Waals surface area contributed by atoms with Gasteiger partial charge in [0.15, 0.2) is 17.4 Å². The zero-order valence-electron chi connectivity index (χ0n) is 11.2. The second-order valence-electron chi connectivity index (χ2n) is 4.84. The second kappa shape index (κ2) is 6.55. The van der Waals surface area contributed by atoms with Gasteiger partial charge in [-0.1, -0.05) is 5.92 Å². The van der Waals surface area contributed by atoms with Gasteiger partial charge in [0.1, 0.15) is 6.61 Å². The predicted octanol–water partition coefficient (Wildman–Crippen LogP) is 1.62. The van der Waals surface area contributed by atoms with E-state index in [9.17, 15) is 18.7 Å². The number of amides is 1. The van der Waals surface area contributed by atoms with Crippen LogP contribution in [0, 0.1) is 24.0 Å². The van der Waals surface area contributed by atoms with Gasteiger partial charge in [-0.05, 0) is 31.4 Å². The van der Waals surface area contributed by atoms with Crippen molar-refractivity contribution in [3.63, 3.8) is 0 Å². The maximum atomic E-state index is 13.7. The number of hydrogen-bond donors (Lipinski definition) is 2. The Bertz CT molecular complexity index is 560. The summed E-state index contributed by atoms with van der Waals surface area (Å²) in [4.78, 5) is 11.9. The highest BCUT2D eigenvalue weighted by Gasteiger charge is 2.27. The largest absolute Gasteiger partial charge is 0.475 e. The number of nitrogens with one attached hydrogen (secondary N) is 1. The van der Waals surface area contributed by atoms with Crippen LogP contribution in [-0.4, -0.2) is 29.8 Å². The van der Waals surface area contributed by atoms with E-state index in [1.165, 1.54) is 0 Å². The molecule has 1 fully saturated rings. The summed E-state index contributed by atoms with van der Waals surface area (Å²) in [6, 6.07) is 1.37. The highest BCUT2D eigenvalue weighted by Crippen LogP contribution is 2.24. The van der Waals surface area contributed by atoms with Crippen molar-refractivity contribution < 1.29 is 23.4 Å². The number of halogens is 2. The molecule has 0 aliphatic heterocycles. The van der Waals surface area contributed by atoms with Crippen molar-refractivity contribution in [1.82, 2.24) is 5.32 Å². The predicted molar refractivity (Wildman–Crippen MR) is 71.8 cm³/mol. The van der Waals surface area contributed by atoms with Crippen LogP contribution in [0.1, 0.15) is 29.6 Å². The third kappa shape index (κ3) is 3.50. The molecule has 112 valence electrons. The number of hydrogen-bond acceptors (Lipinski definition) is 3. The van der Waals surface area contributed by atoms with Crippen LogP contribution in [0.5, 0.6) is 5.75 Å². The molecule has 0 bridgehead atoms. The van der Waals surface area contributed by atoms with Gasteiger partial charge < -0.3 is 15.2 Å². The Labute approximate surface area is 121 Å². The molecule has 1 amide bonds. The minimum Gasteiger partial charge on any atom is -0.475 e. The van der Waals surface area contributed by atoms with Gasteiger partial charge in [0.25, 0.3) is 5.91 Å². The molecule has 4 nitrogen and oxygen atoms in total. The first-order valence-corrected chi connectivity index (χ1v) is 6.57. The summed E-state index contributed by atoms with van der Waals surface area (Å²) < 4.78 is 32.2. The van der Waals surface area contributed by atoms with Gasteiger partial charge in [0, 0.05) is 5.56 Å². The lowest BCUT2D eigenvalue weighted by molar-refractivity contribution is 0.0872. The van der Waals surface area contributed by atoms with Crippen LogP contribution in [-0.2, 0) is 0 Å². The van der Waals surface area contributed by atoms with E-state index in [1.807, 2.05) is 0 Å². The highest BCUT2D eigenvalue weighted by molar-refractivity contribution is 5.94. The molecule has 2 N–H and O–H groups in total. The Kier molecular flexibility index (Phi) is 4.76. The lowest BCUT2D eigenvalue weighted by Gasteiger charge is -2.16. The van der Waals surface area contributed by atoms with Gasteiger partial charge in [-0.25, -0.2) is 8.78 Å². The van der Waals surface area contributed by atoms with Crippen LogP contribution in [0.4, 0.5) is 8.78 Å². The number of benzene rings is 1. The van der Waals surface area contributed by atoms with Crippen LogP contribution in [0.25, 0.3) is 0 Å². The molecule has 1 aromatic rings. The first-order chi connectivity index (χ1) is 10.0. The smallest absolute Gasteiger partial charge is 0.251 e. The van der Waals surface area contributed by atoms with Gasteiger partial charge in [-0.2, -0.15) is 0 Å². The van der Waals surface area contributed by atoms with Crippen molar-refractivity contribution >= 4 is 5.91 Å². The van der Waals surface area contributed by atoms with Crippen molar-refractivity contribution in [3.8, 4) is 18.1 Å². The summed E-state index contributed by atoms with van der Waals surface area (Å²) in [6.45, 7) is -0.270. The van der Waals surface area contributed by atoms with Crippen LogP contribution in [0.2, 0.25) is 0 Å². The molecule has 0 heterocycles. The Morgan fingerprint density at radius 1 is 1.43 bits per heavy atom. The lowest BCUT2D eigenvalue weighted by Crippen LogP contribution is -2.39. The van der Waals surface area contributed by atoms with Crippen molar-refractivity contribution in [2.75, 3.05) is 6.61 Å². The number of ether oxygens (including phenoxy) is 1. The van der Waals surface area contributed by atoms with E-state index < -0.39 is 29.4 Å². The van der Waals surface area contributed by atoms with E-state index in [0.29, 0.717) is 12.8 Å². The maximum Gasteiger partial charge on any atom is 0.251 e. The fraction of sp³-hybridized carbons (Fsp3) is 0.400. The fourth-order valence-corrected chi connectivity index (χ4v) is 2.30. The first-order valence-electron chi connectivity index (χ1n) is 6.57. The zero-order chi connectivity index (χ0) is 15.4. The topological polar surface area (TPSA) is 58.6 Å². The van der Waals surface area contributed by atoms with E-state index in [1.54, 1.807) is 0 Å². The van der Waals surface area contributed by atoms with Crippen LogP contribution in [0.15, 0.2) is 12.1 Å². The second-order valence-corrected chi connectivity index (χ2v) is 4.84. The van der Waals surface area contributed by atoms with Crippen LogP contribution < -0.4 is 10.1 Å². The quantitative estimate of drug-likeness (QED) is 0.830. The molecule has 0 saturated heterocycles. The normalized spacial score (nSPS) is 20.9. The van der Waals surface area contributed by atoms with Crippen molar-refractivity contribution in [3.05, 3.63) is 29.3 Å². The van der Waals surface area contributed by atoms with Crippen molar-refractivity contribution in [2.24, 2.45) is 0 Å². The molecule has 21 heavy (non-hydrogen) atoms. The first kappa shape index (κ1) is 15.3. The summed E-state index contributed by atoms with van der Waals surface area (Å²) in [5.41, 5.74) is -0.169. The van der Waals surface area contributed by atoms with Crippen molar-refractivity contribution in [1.29, 1.82) is 0 Å². The number of carbonyl (C=O) groups excluding carboxylic acids is 1. The van der Waals surface area contributed by atoms with E-state index in [0.717, 1.165) is 18.6 Å². The number of aliphatic hydroxyl groups excluding tert-OH is 1. The lowest BCUT2D eigenvalue weighted by atomic mass is 10.1. The molecule has 1 aliphatic carbocycles. The zero-order valence-corrected chi connectivity index (χ0v) is 11.2. The molecule has 0 spiro atoms. The van der Waals surface area contributed by atoms with Gasteiger partial charge in [-0.3, -0.25) is 4.79 Å². The number of terminal acetylenes is 1.